The minimum absolute atomic E-state index is 0.0761. The van der Waals surface area contributed by atoms with Crippen LogP contribution in [0, 0.1) is 10.1 Å². The highest BCUT2D eigenvalue weighted by atomic mass is 31.2. The summed E-state index contributed by atoms with van der Waals surface area (Å²) in [5, 5.41) is 12.5. The number of carbonyl (C=O) groups is 2. The predicted octanol–water partition coefficient (Wildman–Crippen LogP) is 16.2. The molecule has 0 amide bonds. The van der Waals surface area contributed by atoms with Gasteiger partial charge < -0.3 is 32.3 Å². The maximum atomic E-state index is 14.4. The number of carbonyl (C=O) groups excluding carboxylic acids is 2. The Morgan fingerprint density at radius 2 is 1.28 bits per heavy atom. The largest absolute Gasteiger partial charge is 0.508 e. The van der Waals surface area contributed by atoms with E-state index < -0.39 is 85.1 Å². The zero-order valence-electron chi connectivity index (χ0n) is 49.6. The molecule has 0 N–H and O–H groups in total. The molecule has 0 spiro atoms. The minimum Gasteiger partial charge on any atom is -0.434 e. The third-order valence-electron chi connectivity index (χ3n) is 16.6. The average molecular weight is 1120 g/mol. The molecule has 0 aromatic heterocycles. The molecule has 0 aliphatic carbocycles. The van der Waals surface area contributed by atoms with Gasteiger partial charge in [-0.05, 0) is 87.1 Å². The van der Waals surface area contributed by atoms with E-state index >= 15 is 0 Å². The van der Waals surface area contributed by atoms with E-state index in [1.54, 1.807) is 19.1 Å². The van der Waals surface area contributed by atoms with Crippen molar-refractivity contribution in [1.82, 2.24) is 0 Å². The van der Waals surface area contributed by atoms with Gasteiger partial charge in [0.2, 0.25) is 8.32 Å². The number of nitrogens with zero attached hydrogens (tertiary/aromatic N) is 1. The molecule has 2 fully saturated rings. The van der Waals surface area contributed by atoms with E-state index in [1.807, 2.05) is 20.8 Å². The van der Waals surface area contributed by atoms with Gasteiger partial charge in [0.15, 0.2) is 20.2 Å². The first-order chi connectivity index (χ1) is 34.5. The molecular weight excluding hydrogens is 1010 g/mol. The number of hydrogen-bond acceptors (Lipinski definition) is 13. The van der Waals surface area contributed by atoms with Crippen LogP contribution in [0.5, 0.6) is 0 Å². The highest BCUT2D eigenvalue weighted by Crippen LogP contribution is 2.61. The molecule has 74 heavy (non-hydrogen) atoms. The number of rotatable bonds is 33. The quantitative estimate of drug-likeness (QED) is 0.0124. The molecule has 0 radical (unpaired) electrons. The molecule has 4 unspecified atom stereocenters. The Kier molecular flexibility index (Phi) is 26.7. The third-order valence-corrected chi connectivity index (χ3v) is 33.4. The highest BCUT2D eigenvalue weighted by Gasteiger charge is 2.55. The van der Waals surface area contributed by atoms with Gasteiger partial charge in [0, 0.05) is 43.5 Å². The number of benzene rings is 1. The standard InChI is InChI=1S/C56H104NO13P2Si2/c1-20-24-32-72(33-25-21-2,34-26-22-3)35-28-27-29-48(58)45-30-31-46(47(36-45)57(60)61)42(11)37-63-55(59)67-53-50(66-43(12)51(53)70-74(39(5)6,40(7)8)41(9)10)38-64-71(17,62)68-54-49(23-4)65-44(13)52(54)69-73(18,19)56(14,15)16/h30-31,36,39-44,49-54H,20-29,32-35,37-38H2,1-19H3/q+1/t42?,43-,44-,49+,50+,51+,52+,53?,54?,71?/m0/s1. The summed E-state index contributed by atoms with van der Waals surface area (Å²) >= 11 is 0. The molecule has 14 nitrogen and oxygen atoms in total. The zero-order chi connectivity index (χ0) is 56.0. The Bertz CT molecular complexity index is 1920. The van der Waals surface area contributed by atoms with Gasteiger partial charge in [-0.25, -0.2) is 4.79 Å². The van der Waals surface area contributed by atoms with Crippen LogP contribution in [0.1, 0.15) is 197 Å². The van der Waals surface area contributed by atoms with Crippen molar-refractivity contribution in [3.8, 4) is 0 Å². The molecule has 2 saturated heterocycles. The normalized spacial score (nSPS) is 24.2. The first-order valence-electron chi connectivity index (χ1n) is 28.5. The molecule has 0 bridgehead atoms. The number of nitro benzene ring substituents is 1. The Morgan fingerprint density at radius 3 is 1.77 bits per heavy atom. The Hall–Kier alpha value is -1.59. The molecule has 2 aliphatic rings. The van der Waals surface area contributed by atoms with Crippen LogP contribution in [-0.2, 0) is 41.4 Å². The summed E-state index contributed by atoms with van der Waals surface area (Å²) in [7, 11) is -9.77. The summed E-state index contributed by atoms with van der Waals surface area (Å²) in [4.78, 5) is 39.5. The minimum atomic E-state index is -3.81. The van der Waals surface area contributed by atoms with Gasteiger partial charge in [0.1, 0.15) is 31.0 Å². The van der Waals surface area contributed by atoms with Crippen molar-refractivity contribution in [1.29, 1.82) is 0 Å². The van der Waals surface area contributed by atoms with Crippen LogP contribution in [0.4, 0.5) is 10.5 Å². The molecule has 428 valence electrons. The van der Waals surface area contributed by atoms with Gasteiger partial charge in [0.25, 0.3) is 5.69 Å². The second-order valence-electron chi connectivity index (χ2n) is 24.3. The number of unbranched alkanes of at least 4 members (excludes halogenated alkanes) is 4. The van der Waals surface area contributed by atoms with Gasteiger partial charge in [-0.1, -0.05) is 128 Å². The number of ether oxygens (including phenoxy) is 4. The second kappa shape index (κ2) is 29.6. The van der Waals surface area contributed by atoms with E-state index in [9.17, 15) is 24.3 Å². The van der Waals surface area contributed by atoms with Crippen LogP contribution in [0.25, 0.3) is 0 Å². The van der Waals surface area contributed by atoms with Gasteiger partial charge in [-0.15, -0.1) is 0 Å². The molecular formula is C56H104NO13P2Si2+. The highest BCUT2D eigenvalue weighted by molar-refractivity contribution is 7.75. The van der Waals surface area contributed by atoms with Crippen LogP contribution < -0.4 is 0 Å². The van der Waals surface area contributed by atoms with Crippen LogP contribution in [0.2, 0.25) is 34.8 Å². The molecule has 18 heteroatoms. The summed E-state index contributed by atoms with van der Waals surface area (Å²) in [6, 6.07) is 4.62. The number of Topliss-reactive ketones (excluding diaryl/α,β-unsaturated/α-hetero) is 1. The lowest BCUT2D eigenvalue weighted by molar-refractivity contribution is -0.385. The SMILES string of the molecule is CCCC[P+](CCCC)(CCCC)CCCCC(=O)c1ccc(C(C)COC(=O)OC2[C@@H](COP(C)(=O)OC3[C@@H](CC)O[C@@H](C)[C@H]3O[Si](C)(C)C(C)(C)C)O[C@@H](C)[C@H]2O[Si](C(C)C)(C(C)C)C(C)C)c([N+](=O)[O-])c1. The zero-order valence-corrected chi connectivity index (χ0v) is 53.4. The molecule has 2 aliphatic heterocycles. The third kappa shape index (κ3) is 18.0. The van der Waals surface area contributed by atoms with E-state index in [0.717, 1.165) is 12.8 Å². The predicted molar refractivity (Wildman–Crippen MR) is 308 cm³/mol. The first-order valence-corrected chi connectivity index (χ1v) is 38.1. The van der Waals surface area contributed by atoms with Crippen molar-refractivity contribution >= 4 is 49.1 Å². The Balaban J connectivity index is 1.82. The van der Waals surface area contributed by atoms with E-state index in [0.29, 0.717) is 24.0 Å². The number of nitro groups is 1. The second-order valence-corrected chi connectivity index (χ2v) is 40.9. The lowest BCUT2D eigenvalue weighted by atomic mass is 9.96. The lowest BCUT2D eigenvalue weighted by Crippen LogP contribution is -2.54. The summed E-state index contributed by atoms with van der Waals surface area (Å²) in [5.74, 6) is -0.721. The van der Waals surface area contributed by atoms with Gasteiger partial charge in [-0.2, -0.15) is 0 Å². The van der Waals surface area contributed by atoms with Crippen LogP contribution in [0.3, 0.4) is 0 Å². The fourth-order valence-electron chi connectivity index (χ4n) is 11.2. The van der Waals surface area contributed by atoms with Crippen LogP contribution in [0.15, 0.2) is 18.2 Å². The van der Waals surface area contributed by atoms with Crippen molar-refractivity contribution in [2.75, 3.05) is 44.5 Å². The average Bonchev–Trinajstić information content (AvgIpc) is 3.77. The monoisotopic (exact) mass is 1120 g/mol. The maximum absolute atomic E-state index is 14.4. The number of hydrogen-bond donors (Lipinski definition) is 0. The fourth-order valence-corrected chi connectivity index (χ4v) is 24.6. The fraction of sp³-hybridized carbons (Fsp3) is 0.857. The molecule has 3 rings (SSSR count). The van der Waals surface area contributed by atoms with Crippen molar-refractivity contribution in [3.63, 3.8) is 0 Å². The molecule has 1 aromatic carbocycles. The van der Waals surface area contributed by atoms with Gasteiger partial charge in [-0.3, -0.25) is 24.0 Å². The van der Waals surface area contributed by atoms with Gasteiger partial charge in [0.05, 0.1) is 54.5 Å². The molecule has 2 heterocycles. The summed E-state index contributed by atoms with van der Waals surface area (Å²) in [6.45, 7) is 39.2. The molecule has 10 atom stereocenters. The van der Waals surface area contributed by atoms with Crippen molar-refractivity contribution in [2.45, 2.75) is 264 Å². The van der Waals surface area contributed by atoms with E-state index in [1.165, 1.54) is 75.9 Å². The van der Waals surface area contributed by atoms with Crippen molar-refractivity contribution in [2.24, 2.45) is 0 Å². The Morgan fingerprint density at radius 1 is 0.770 bits per heavy atom. The topological polar surface area (TPSA) is 168 Å². The summed E-state index contributed by atoms with van der Waals surface area (Å²) in [5.41, 5.74) is 1.07. The Labute approximate surface area is 451 Å². The molecule has 1 aromatic rings. The first kappa shape index (κ1) is 66.7. The lowest BCUT2D eigenvalue weighted by Gasteiger charge is -2.45. The number of ketones is 1. The summed E-state index contributed by atoms with van der Waals surface area (Å²) < 4.78 is 65.8. The van der Waals surface area contributed by atoms with E-state index in [4.69, 9.17) is 36.8 Å². The van der Waals surface area contributed by atoms with Gasteiger partial charge >= 0.3 is 13.8 Å². The maximum Gasteiger partial charge on any atom is 0.508 e. The van der Waals surface area contributed by atoms with E-state index in [-0.39, 0.29) is 58.6 Å². The van der Waals surface area contributed by atoms with Crippen molar-refractivity contribution in [3.05, 3.63) is 39.4 Å². The smallest absolute Gasteiger partial charge is 0.434 e. The van der Waals surface area contributed by atoms with Crippen LogP contribution >= 0.6 is 14.9 Å². The summed E-state index contributed by atoms with van der Waals surface area (Å²) in [6.07, 6.45) is 9.43. The van der Waals surface area contributed by atoms with E-state index in [2.05, 4.69) is 96.2 Å². The van der Waals surface area contributed by atoms with Crippen LogP contribution in [-0.4, -0.2) is 127 Å². The van der Waals surface area contributed by atoms with Crippen molar-refractivity contribution < 1.29 is 55.9 Å². The molecule has 0 saturated carbocycles.